The Kier molecular flexibility index (Phi) is 4.97. The van der Waals surface area contributed by atoms with Gasteiger partial charge in [0.25, 0.3) is 0 Å². The monoisotopic (exact) mass is 276 g/mol. The smallest absolute Gasteiger partial charge is 0.222 e. The number of benzene rings is 1. The summed E-state index contributed by atoms with van der Waals surface area (Å²) in [6, 6.07) is 8.17. The van der Waals surface area contributed by atoms with Gasteiger partial charge < -0.3 is 14.6 Å². The predicted octanol–water partition coefficient (Wildman–Crippen LogP) is 3.02. The van der Waals surface area contributed by atoms with Gasteiger partial charge in [0.1, 0.15) is 6.10 Å². The quantitative estimate of drug-likeness (QED) is 0.859. The maximum Gasteiger partial charge on any atom is 0.222 e. The van der Waals surface area contributed by atoms with Crippen molar-refractivity contribution in [1.82, 2.24) is 0 Å². The lowest BCUT2D eigenvalue weighted by molar-refractivity contribution is -0.277. The Hall–Kier alpha value is -1.16. The van der Waals surface area contributed by atoms with E-state index in [4.69, 9.17) is 9.47 Å². The minimum Gasteiger partial charge on any atom is -0.387 e. The van der Waals surface area contributed by atoms with Gasteiger partial charge >= 0.3 is 0 Å². The van der Waals surface area contributed by atoms with Crippen molar-refractivity contribution in [2.45, 2.75) is 39.1 Å². The van der Waals surface area contributed by atoms with E-state index >= 15 is 0 Å². The number of aliphatic hydroxyl groups excluding tert-OH is 1. The average Bonchev–Trinajstić information content (AvgIpc) is 2.65. The van der Waals surface area contributed by atoms with Crippen LogP contribution in [0.15, 0.2) is 36.4 Å². The molecular formula is C17H24O3. The molecule has 0 aliphatic carbocycles. The van der Waals surface area contributed by atoms with Gasteiger partial charge in [-0.3, -0.25) is 0 Å². The predicted molar refractivity (Wildman–Crippen MR) is 79.4 cm³/mol. The summed E-state index contributed by atoms with van der Waals surface area (Å²) in [7, 11) is 0. The van der Waals surface area contributed by atoms with Crippen molar-refractivity contribution in [1.29, 1.82) is 0 Å². The first-order valence-electron chi connectivity index (χ1n) is 7.25. The molecule has 20 heavy (non-hydrogen) atoms. The first-order valence-corrected chi connectivity index (χ1v) is 7.25. The lowest BCUT2D eigenvalue weighted by Crippen LogP contribution is -2.43. The Morgan fingerprint density at radius 1 is 1.05 bits per heavy atom. The molecule has 0 aromatic heterocycles. The zero-order chi connectivity index (χ0) is 14.6. The number of hydrogen-bond donors (Lipinski definition) is 1. The Morgan fingerprint density at radius 2 is 1.60 bits per heavy atom. The second-order valence-corrected chi connectivity index (χ2v) is 5.73. The summed E-state index contributed by atoms with van der Waals surface area (Å²) < 4.78 is 11.6. The molecule has 0 bridgehead atoms. The number of hydrogen-bond acceptors (Lipinski definition) is 3. The van der Waals surface area contributed by atoms with Crippen molar-refractivity contribution in [2.24, 2.45) is 5.92 Å². The fourth-order valence-electron chi connectivity index (χ4n) is 2.52. The first-order chi connectivity index (χ1) is 9.54. The molecule has 1 aromatic rings. The van der Waals surface area contributed by atoms with E-state index in [0.717, 1.165) is 12.0 Å². The van der Waals surface area contributed by atoms with Crippen molar-refractivity contribution in [3.63, 3.8) is 0 Å². The molecule has 3 nitrogen and oxygen atoms in total. The van der Waals surface area contributed by atoms with Gasteiger partial charge in [-0.15, -0.1) is 0 Å². The molecular weight excluding hydrogens is 252 g/mol. The van der Waals surface area contributed by atoms with Gasteiger partial charge in [0.15, 0.2) is 0 Å². The average molecular weight is 276 g/mol. The molecule has 3 heteroatoms. The highest BCUT2D eigenvalue weighted by Crippen LogP contribution is 2.33. The van der Waals surface area contributed by atoms with Gasteiger partial charge in [-0.1, -0.05) is 50.3 Å². The lowest BCUT2D eigenvalue weighted by atomic mass is 9.96. The van der Waals surface area contributed by atoms with Gasteiger partial charge in [-0.05, 0) is 24.8 Å². The van der Waals surface area contributed by atoms with Gasteiger partial charge in [-0.2, -0.15) is 0 Å². The molecule has 0 saturated heterocycles. The summed E-state index contributed by atoms with van der Waals surface area (Å²) in [5.74, 6) is -0.444. The standard InChI is InChI=1S/C17H24O3/c1-13(2)12-15-6-8-16(9-7-15)17(14(3)18)19-10-4-5-11-20-17/h4-9,13-14,18H,10-12H2,1-3H3. The van der Waals surface area contributed by atoms with Gasteiger partial charge in [-0.25, -0.2) is 0 Å². The molecule has 1 aliphatic rings. The normalized spacial score (nSPS) is 19.9. The molecule has 0 fully saturated rings. The van der Waals surface area contributed by atoms with E-state index in [1.807, 2.05) is 24.3 Å². The lowest BCUT2D eigenvalue weighted by Gasteiger charge is -2.35. The molecule has 1 aromatic carbocycles. The summed E-state index contributed by atoms with van der Waals surface area (Å²) in [6.45, 7) is 6.99. The number of aliphatic hydroxyl groups is 1. The van der Waals surface area contributed by atoms with Crippen LogP contribution in [-0.2, 0) is 21.7 Å². The largest absolute Gasteiger partial charge is 0.387 e. The molecule has 110 valence electrons. The SMILES string of the molecule is CC(C)Cc1ccc(C2(C(C)O)OCC=CCO2)cc1. The molecule has 0 saturated carbocycles. The zero-order valence-corrected chi connectivity index (χ0v) is 12.5. The highest BCUT2D eigenvalue weighted by atomic mass is 16.7. The van der Waals surface area contributed by atoms with Crippen LogP contribution in [0.2, 0.25) is 0 Å². The van der Waals surface area contributed by atoms with E-state index in [2.05, 4.69) is 26.0 Å². The summed E-state index contributed by atoms with van der Waals surface area (Å²) in [5.41, 5.74) is 2.15. The first kappa shape index (κ1) is 15.2. The summed E-state index contributed by atoms with van der Waals surface area (Å²) in [6.07, 6.45) is 4.14. The number of rotatable bonds is 4. The minimum absolute atomic E-state index is 0.443. The van der Waals surface area contributed by atoms with Crippen LogP contribution in [0.3, 0.4) is 0 Å². The van der Waals surface area contributed by atoms with E-state index in [0.29, 0.717) is 19.1 Å². The van der Waals surface area contributed by atoms with Crippen LogP contribution in [0, 0.1) is 5.92 Å². The van der Waals surface area contributed by atoms with E-state index in [1.165, 1.54) is 5.56 Å². The molecule has 2 rings (SSSR count). The van der Waals surface area contributed by atoms with Crippen molar-refractivity contribution >= 4 is 0 Å². The second kappa shape index (κ2) is 6.53. The van der Waals surface area contributed by atoms with E-state index in [-0.39, 0.29) is 0 Å². The van der Waals surface area contributed by atoms with Crippen molar-refractivity contribution in [3.05, 3.63) is 47.5 Å². The third kappa shape index (κ3) is 3.29. The van der Waals surface area contributed by atoms with Crippen LogP contribution in [0.5, 0.6) is 0 Å². The maximum absolute atomic E-state index is 10.1. The molecule has 0 spiro atoms. The van der Waals surface area contributed by atoms with Crippen LogP contribution in [0.25, 0.3) is 0 Å². The fourth-order valence-corrected chi connectivity index (χ4v) is 2.52. The summed E-state index contributed by atoms with van der Waals surface area (Å²) in [4.78, 5) is 0. The third-order valence-electron chi connectivity index (χ3n) is 3.50. The van der Waals surface area contributed by atoms with Gasteiger partial charge in [0.2, 0.25) is 5.79 Å². The number of ether oxygens (including phenoxy) is 2. The summed E-state index contributed by atoms with van der Waals surface area (Å²) in [5, 5.41) is 10.1. The maximum atomic E-state index is 10.1. The van der Waals surface area contributed by atoms with Crippen LogP contribution in [0.4, 0.5) is 0 Å². The molecule has 1 atom stereocenters. The van der Waals surface area contributed by atoms with Gasteiger partial charge in [0, 0.05) is 5.56 Å². The Morgan fingerprint density at radius 3 is 2.05 bits per heavy atom. The molecule has 1 heterocycles. The fraction of sp³-hybridized carbons (Fsp3) is 0.529. The topological polar surface area (TPSA) is 38.7 Å². The molecule has 0 amide bonds. The zero-order valence-electron chi connectivity index (χ0n) is 12.5. The molecule has 1 unspecified atom stereocenters. The minimum atomic E-state index is -1.07. The van der Waals surface area contributed by atoms with Crippen LogP contribution in [0.1, 0.15) is 31.9 Å². The molecule has 0 radical (unpaired) electrons. The highest BCUT2D eigenvalue weighted by Gasteiger charge is 2.40. The van der Waals surface area contributed by atoms with Crippen molar-refractivity contribution < 1.29 is 14.6 Å². The summed E-state index contributed by atoms with van der Waals surface area (Å²) >= 11 is 0. The van der Waals surface area contributed by atoms with E-state index < -0.39 is 11.9 Å². The van der Waals surface area contributed by atoms with Crippen molar-refractivity contribution in [3.8, 4) is 0 Å². The van der Waals surface area contributed by atoms with Crippen LogP contribution < -0.4 is 0 Å². The van der Waals surface area contributed by atoms with E-state index in [9.17, 15) is 5.11 Å². The molecule has 1 aliphatic heterocycles. The van der Waals surface area contributed by atoms with E-state index in [1.54, 1.807) is 6.92 Å². The second-order valence-electron chi connectivity index (χ2n) is 5.73. The van der Waals surface area contributed by atoms with Gasteiger partial charge in [0.05, 0.1) is 13.2 Å². The Labute approximate surface area is 121 Å². The Balaban J connectivity index is 2.25. The Bertz CT molecular complexity index is 436. The van der Waals surface area contributed by atoms with Crippen LogP contribution in [-0.4, -0.2) is 24.4 Å². The highest BCUT2D eigenvalue weighted by molar-refractivity contribution is 5.27. The third-order valence-corrected chi connectivity index (χ3v) is 3.50. The molecule has 1 N–H and O–H groups in total. The van der Waals surface area contributed by atoms with Crippen molar-refractivity contribution in [2.75, 3.05) is 13.2 Å². The van der Waals surface area contributed by atoms with Crippen LogP contribution >= 0.6 is 0 Å².